The van der Waals surface area contributed by atoms with Crippen molar-refractivity contribution in [2.75, 3.05) is 19.8 Å². The summed E-state index contributed by atoms with van der Waals surface area (Å²) in [6.07, 6.45) is -0.856. The van der Waals surface area contributed by atoms with Crippen LogP contribution in [-0.4, -0.2) is 51.7 Å². The molecule has 0 unspecified atom stereocenters. The van der Waals surface area contributed by atoms with E-state index in [2.05, 4.69) is 4.98 Å². The fourth-order valence-corrected chi connectivity index (χ4v) is 2.16. The third kappa shape index (κ3) is 3.57. The standard InChI is InChI=1S/C12H19N3O6/c13-1-2-20-6-7-4-15(12(19)14-11(7)18)10-3-8(17)9(5-16)21-10/h4,8-10,16-17H,1-3,5-6,13H2,(H,14,18,19)/t8-,9+,10+/m0/s1. The van der Waals surface area contributed by atoms with E-state index in [1.165, 1.54) is 10.8 Å². The number of nitrogens with two attached hydrogens (primary N) is 1. The molecule has 0 aliphatic carbocycles. The van der Waals surface area contributed by atoms with Gasteiger partial charge in [0.25, 0.3) is 5.56 Å². The molecule has 1 aliphatic heterocycles. The minimum Gasteiger partial charge on any atom is -0.394 e. The summed E-state index contributed by atoms with van der Waals surface area (Å²) >= 11 is 0. The summed E-state index contributed by atoms with van der Waals surface area (Å²) in [5.41, 5.74) is 4.37. The summed E-state index contributed by atoms with van der Waals surface area (Å²) in [5, 5.41) is 18.7. The van der Waals surface area contributed by atoms with E-state index < -0.39 is 29.7 Å². The fraction of sp³-hybridized carbons (Fsp3) is 0.667. The molecular weight excluding hydrogens is 282 g/mol. The smallest absolute Gasteiger partial charge is 0.330 e. The van der Waals surface area contributed by atoms with Crippen LogP contribution < -0.4 is 17.0 Å². The first-order valence-corrected chi connectivity index (χ1v) is 6.63. The second-order valence-corrected chi connectivity index (χ2v) is 4.78. The summed E-state index contributed by atoms with van der Waals surface area (Å²) < 4.78 is 11.8. The Balaban J connectivity index is 2.22. The highest BCUT2D eigenvalue weighted by Gasteiger charge is 2.35. The maximum Gasteiger partial charge on any atom is 0.330 e. The Hall–Kier alpha value is -1.52. The van der Waals surface area contributed by atoms with Gasteiger partial charge in [-0.25, -0.2) is 4.79 Å². The van der Waals surface area contributed by atoms with Crippen molar-refractivity contribution in [3.63, 3.8) is 0 Å². The van der Waals surface area contributed by atoms with Crippen LogP contribution in [0.25, 0.3) is 0 Å². The van der Waals surface area contributed by atoms with Gasteiger partial charge in [-0.1, -0.05) is 0 Å². The zero-order valence-corrected chi connectivity index (χ0v) is 11.4. The second kappa shape index (κ2) is 6.96. The van der Waals surface area contributed by atoms with Gasteiger partial charge in [0.05, 0.1) is 31.5 Å². The van der Waals surface area contributed by atoms with Gasteiger partial charge in [-0.3, -0.25) is 14.3 Å². The molecule has 9 heteroatoms. The van der Waals surface area contributed by atoms with E-state index in [4.69, 9.17) is 20.3 Å². The molecule has 1 fully saturated rings. The molecule has 1 aliphatic rings. The molecule has 9 nitrogen and oxygen atoms in total. The van der Waals surface area contributed by atoms with E-state index in [0.717, 1.165) is 0 Å². The van der Waals surface area contributed by atoms with Gasteiger partial charge in [-0.05, 0) is 0 Å². The van der Waals surface area contributed by atoms with Crippen molar-refractivity contribution in [2.45, 2.75) is 31.5 Å². The van der Waals surface area contributed by atoms with E-state index in [0.29, 0.717) is 13.2 Å². The summed E-state index contributed by atoms with van der Waals surface area (Å²) in [6, 6.07) is 0. The number of aromatic amines is 1. The van der Waals surface area contributed by atoms with Crippen molar-refractivity contribution in [3.8, 4) is 0 Å². The van der Waals surface area contributed by atoms with Crippen LogP contribution >= 0.6 is 0 Å². The lowest BCUT2D eigenvalue weighted by Crippen LogP contribution is -2.34. The first-order valence-electron chi connectivity index (χ1n) is 6.63. The van der Waals surface area contributed by atoms with Crippen molar-refractivity contribution < 1.29 is 19.7 Å². The molecule has 3 atom stereocenters. The minimum atomic E-state index is -0.865. The number of aliphatic hydroxyl groups excluding tert-OH is 2. The van der Waals surface area contributed by atoms with Crippen LogP contribution in [0.5, 0.6) is 0 Å². The van der Waals surface area contributed by atoms with Crippen molar-refractivity contribution in [3.05, 3.63) is 32.6 Å². The molecule has 0 radical (unpaired) electrons. The number of hydrogen-bond acceptors (Lipinski definition) is 7. The van der Waals surface area contributed by atoms with Crippen LogP contribution in [0.1, 0.15) is 18.2 Å². The van der Waals surface area contributed by atoms with Gasteiger partial charge in [0.15, 0.2) is 0 Å². The van der Waals surface area contributed by atoms with E-state index in [1.807, 2.05) is 0 Å². The van der Waals surface area contributed by atoms with E-state index >= 15 is 0 Å². The Morgan fingerprint density at radius 2 is 2.29 bits per heavy atom. The van der Waals surface area contributed by atoms with Gasteiger partial charge < -0.3 is 25.4 Å². The van der Waals surface area contributed by atoms with Crippen molar-refractivity contribution in [1.29, 1.82) is 0 Å². The molecule has 0 saturated carbocycles. The third-order valence-corrected chi connectivity index (χ3v) is 3.26. The first kappa shape index (κ1) is 15.9. The molecule has 0 spiro atoms. The number of hydrogen-bond donors (Lipinski definition) is 4. The lowest BCUT2D eigenvalue weighted by atomic mass is 10.2. The Kier molecular flexibility index (Phi) is 5.26. The number of H-pyrrole nitrogens is 1. The molecule has 118 valence electrons. The Bertz CT molecular complexity index is 583. The summed E-state index contributed by atoms with van der Waals surface area (Å²) in [7, 11) is 0. The van der Waals surface area contributed by atoms with Crippen LogP contribution in [0.4, 0.5) is 0 Å². The molecule has 0 aromatic carbocycles. The van der Waals surface area contributed by atoms with Crippen molar-refractivity contribution in [2.24, 2.45) is 5.73 Å². The fourth-order valence-electron chi connectivity index (χ4n) is 2.16. The van der Waals surface area contributed by atoms with Gasteiger partial charge in [-0.15, -0.1) is 0 Å². The topological polar surface area (TPSA) is 140 Å². The van der Waals surface area contributed by atoms with Gasteiger partial charge in [-0.2, -0.15) is 0 Å². The SMILES string of the molecule is NCCOCc1cn([C@H]2C[C@H](O)[C@@H](CO)O2)c(=O)[nH]c1=O. The Morgan fingerprint density at radius 1 is 1.52 bits per heavy atom. The predicted octanol–water partition coefficient (Wildman–Crippen LogP) is -2.35. The average Bonchev–Trinajstić information content (AvgIpc) is 2.82. The van der Waals surface area contributed by atoms with E-state index in [1.54, 1.807) is 0 Å². The minimum absolute atomic E-state index is 0.0194. The van der Waals surface area contributed by atoms with Crippen molar-refractivity contribution >= 4 is 0 Å². The van der Waals surface area contributed by atoms with Gasteiger partial charge in [0.2, 0.25) is 0 Å². The van der Waals surface area contributed by atoms with Gasteiger partial charge in [0.1, 0.15) is 12.3 Å². The summed E-state index contributed by atoms with van der Waals surface area (Å²) in [4.78, 5) is 25.7. The molecule has 5 N–H and O–H groups in total. The Morgan fingerprint density at radius 3 is 2.90 bits per heavy atom. The zero-order chi connectivity index (χ0) is 15.4. The molecule has 21 heavy (non-hydrogen) atoms. The van der Waals surface area contributed by atoms with E-state index in [9.17, 15) is 14.7 Å². The third-order valence-electron chi connectivity index (χ3n) is 3.26. The molecular formula is C12H19N3O6. The number of nitrogens with one attached hydrogen (secondary N) is 1. The second-order valence-electron chi connectivity index (χ2n) is 4.78. The molecule has 1 aromatic rings. The Labute approximate surface area is 119 Å². The average molecular weight is 301 g/mol. The van der Waals surface area contributed by atoms with Crippen LogP contribution in [0, 0.1) is 0 Å². The normalized spacial score (nSPS) is 25.4. The maximum atomic E-state index is 11.8. The highest BCUT2D eigenvalue weighted by molar-refractivity contribution is 5.04. The number of nitrogens with zero attached hydrogens (tertiary/aromatic N) is 1. The predicted molar refractivity (Wildman–Crippen MR) is 71.7 cm³/mol. The molecule has 0 bridgehead atoms. The molecule has 2 rings (SSSR count). The highest BCUT2D eigenvalue weighted by Crippen LogP contribution is 2.27. The molecule has 2 heterocycles. The number of ether oxygens (including phenoxy) is 2. The van der Waals surface area contributed by atoms with Gasteiger partial charge >= 0.3 is 5.69 Å². The highest BCUT2D eigenvalue weighted by atomic mass is 16.5. The monoisotopic (exact) mass is 301 g/mol. The van der Waals surface area contributed by atoms with Crippen LogP contribution in [0.15, 0.2) is 15.8 Å². The summed E-state index contributed by atoms with van der Waals surface area (Å²) in [5.74, 6) is 0. The number of rotatable bonds is 6. The zero-order valence-electron chi connectivity index (χ0n) is 11.4. The quantitative estimate of drug-likeness (QED) is 0.431. The molecule has 1 saturated heterocycles. The lowest BCUT2D eigenvalue weighted by Gasteiger charge is -2.15. The first-order chi connectivity index (χ1) is 10.1. The van der Waals surface area contributed by atoms with Crippen molar-refractivity contribution in [1.82, 2.24) is 9.55 Å². The molecule has 0 amide bonds. The van der Waals surface area contributed by atoms with Crippen LogP contribution in [-0.2, 0) is 16.1 Å². The van der Waals surface area contributed by atoms with E-state index in [-0.39, 0.29) is 25.2 Å². The van der Waals surface area contributed by atoms with Crippen LogP contribution in [0.2, 0.25) is 0 Å². The largest absolute Gasteiger partial charge is 0.394 e. The van der Waals surface area contributed by atoms with Crippen LogP contribution in [0.3, 0.4) is 0 Å². The van der Waals surface area contributed by atoms with Gasteiger partial charge in [0, 0.05) is 19.2 Å². The number of aliphatic hydroxyl groups is 2. The number of aromatic nitrogens is 2. The molecule has 1 aromatic heterocycles. The maximum absolute atomic E-state index is 11.8. The lowest BCUT2D eigenvalue weighted by molar-refractivity contribution is -0.0461. The summed E-state index contributed by atoms with van der Waals surface area (Å²) in [6.45, 7) is 0.297.